The number of benzene rings is 1. The Kier molecular flexibility index (Phi) is 4.97. The van der Waals surface area contributed by atoms with Gasteiger partial charge in [0.15, 0.2) is 0 Å². The lowest BCUT2D eigenvalue weighted by Crippen LogP contribution is -2.42. The van der Waals surface area contributed by atoms with Gasteiger partial charge >= 0.3 is 0 Å². The van der Waals surface area contributed by atoms with E-state index in [1.807, 2.05) is 18.7 Å². The van der Waals surface area contributed by atoms with Gasteiger partial charge in [-0.15, -0.1) is 0 Å². The van der Waals surface area contributed by atoms with Crippen molar-refractivity contribution in [3.63, 3.8) is 0 Å². The molecule has 0 aliphatic carbocycles. The second kappa shape index (κ2) is 6.84. The lowest BCUT2D eigenvalue weighted by Gasteiger charge is -2.32. The molecule has 1 unspecified atom stereocenters. The highest BCUT2D eigenvalue weighted by molar-refractivity contribution is 7.89. The van der Waals surface area contributed by atoms with Gasteiger partial charge in [-0.25, -0.2) is 8.42 Å². The van der Waals surface area contributed by atoms with Gasteiger partial charge in [-0.1, -0.05) is 12.5 Å². The molecule has 0 radical (unpaired) electrons. The minimum Gasteiger partial charge on any atom is -0.339 e. The van der Waals surface area contributed by atoms with Crippen LogP contribution in [0.15, 0.2) is 23.1 Å². The summed E-state index contributed by atoms with van der Waals surface area (Å²) < 4.78 is 27.6. The lowest BCUT2D eigenvalue weighted by molar-refractivity contribution is 0.0792. The summed E-state index contributed by atoms with van der Waals surface area (Å²) >= 11 is 0. The topological polar surface area (TPSA) is 57.7 Å². The van der Waals surface area contributed by atoms with Crippen molar-refractivity contribution in [2.75, 3.05) is 19.6 Å². The van der Waals surface area contributed by atoms with Crippen LogP contribution in [0.25, 0.3) is 0 Å². The molecule has 1 amide bonds. The minimum absolute atomic E-state index is 0.0165. The Balaban J connectivity index is 1.94. The summed E-state index contributed by atoms with van der Waals surface area (Å²) in [6.45, 7) is 5.91. The fraction of sp³-hybridized carbons (Fsp3) is 0.611. The first-order valence-corrected chi connectivity index (χ1v) is 10.3. The summed E-state index contributed by atoms with van der Waals surface area (Å²) in [5, 5.41) is 0. The van der Waals surface area contributed by atoms with Crippen LogP contribution < -0.4 is 0 Å². The second-order valence-corrected chi connectivity index (χ2v) is 8.83. The maximum Gasteiger partial charge on any atom is 0.254 e. The predicted molar refractivity (Wildman–Crippen MR) is 93.5 cm³/mol. The molecule has 5 nitrogen and oxygen atoms in total. The number of hydrogen-bond acceptors (Lipinski definition) is 3. The average Bonchev–Trinajstić information content (AvgIpc) is 3.09. The molecule has 0 N–H and O–H groups in total. The van der Waals surface area contributed by atoms with Crippen molar-refractivity contribution < 1.29 is 13.2 Å². The molecule has 1 aromatic rings. The van der Waals surface area contributed by atoms with Crippen LogP contribution in [0.4, 0.5) is 0 Å². The molecule has 6 heteroatoms. The van der Waals surface area contributed by atoms with E-state index in [2.05, 4.69) is 0 Å². The second-order valence-electron chi connectivity index (χ2n) is 6.94. The number of amides is 1. The van der Waals surface area contributed by atoms with Gasteiger partial charge in [0, 0.05) is 31.2 Å². The number of aryl methyl sites for hydroxylation is 1. The highest BCUT2D eigenvalue weighted by atomic mass is 32.2. The van der Waals surface area contributed by atoms with Crippen molar-refractivity contribution in [3.8, 4) is 0 Å². The fourth-order valence-electron chi connectivity index (χ4n) is 3.65. The third-order valence-corrected chi connectivity index (χ3v) is 7.19. The molecule has 2 aliphatic rings. The molecule has 0 bridgehead atoms. The smallest absolute Gasteiger partial charge is 0.254 e. The van der Waals surface area contributed by atoms with Crippen molar-refractivity contribution in [2.24, 2.45) is 0 Å². The van der Waals surface area contributed by atoms with Crippen LogP contribution in [0.2, 0.25) is 0 Å². The highest BCUT2D eigenvalue weighted by Crippen LogP contribution is 2.27. The Labute approximate surface area is 144 Å². The van der Waals surface area contributed by atoms with E-state index in [-0.39, 0.29) is 16.8 Å². The predicted octanol–water partition coefficient (Wildman–Crippen LogP) is 2.79. The van der Waals surface area contributed by atoms with E-state index < -0.39 is 10.0 Å². The molecular formula is C18H26N2O3S. The molecule has 0 saturated carbocycles. The Bertz CT molecular complexity index is 724. The number of piperidine rings is 1. The highest BCUT2D eigenvalue weighted by Gasteiger charge is 2.32. The summed E-state index contributed by atoms with van der Waals surface area (Å²) in [6, 6.07) is 4.98. The van der Waals surface area contributed by atoms with Gasteiger partial charge in [-0.2, -0.15) is 4.31 Å². The molecule has 2 heterocycles. The van der Waals surface area contributed by atoms with Crippen LogP contribution in [0.3, 0.4) is 0 Å². The molecule has 1 atom stereocenters. The van der Waals surface area contributed by atoms with Crippen molar-refractivity contribution in [1.29, 1.82) is 0 Å². The first-order chi connectivity index (χ1) is 11.4. The van der Waals surface area contributed by atoms with Crippen LogP contribution in [0.5, 0.6) is 0 Å². The third-order valence-electron chi connectivity index (χ3n) is 5.18. The Morgan fingerprint density at radius 1 is 1.08 bits per heavy atom. The van der Waals surface area contributed by atoms with Crippen LogP contribution in [0.1, 0.15) is 54.9 Å². The van der Waals surface area contributed by atoms with E-state index in [4.69, 9.17) is 0 Å². The number of carbonyl (C=O) groups is 1. The van der Waals surface area contributed by atoms with Gasteiger partial charge in [0.2, 0.25) is 10.0 Å². The maximum absolute atomic E-state index is 13.0. The normalized spacial score (nSPS) is 22.8. The van der Waals surface area contributed by atoms with E-state index in [1.165, 1.54) is 0 Å². The van der Waals surface area contributed by atoms with Crippen molar-refractivity contribution in [2.45, 2.75) is 56.9 Å². The van der Waals surface area contributed by atoms with Crippen molar-refractivity contribution in [3.05, 3.63) is 29.3 Å². The van der Waals surface area contributed by atoms with Gasteiger partial charge in [0.1, 0.15) is 0 Å². The number of nitrogens with zero attached hydrogens (tertiary/aromatic N) is 2. The van der Waals surface area contributed by atoms with Crippen LogP contribution >= 0.6 is 0 Å². The summed E-state index contributed by atoms with van der Waals surface area (Å²) in [5.41, 5.74) is 1.35. The van der Waals surface area contributed by atoms with Gasteiger partial charge in [-0.05, 0) is 57.2 Å². The van der Waals surface area contributed by atoms with Crippen LogP contribution in [0, 0.1) is 6.92 Å². The summed E-state index contributed by atoms with van der Waals surface area (Å²) in [5.74, 6) is -0.0475. The van der Waals surface area contributed by atoms with Crippen LogP contribution in [-0.4, -0.2) is 49.2 Å². The summed E-state index contributed by atoms with van der Waals surface area (Å²) in [6.07, 6.45) is 4.90. The van der Waals surface area contributed by atoms with Gasteiger partial charge < -0.3 is 4.90 Å². The van der Waals surface area contributed by atoms with Crippen molar-refractivity contribution >= 4 is 15.9 Å². The number of carbonyl (C=O) groups excluding carboxylic acids is 1. The molecule has 2 aliphatic heterocycles. The Hall–Kier alpha value is -1.40. The number of rotatable bonds is 3. The number of likely N-dealkylation sites (tertiary alicyclic amines) is 1. The number of sulfonamides is 1. The summed E-state index contributed by atoms with van der Waals surface area (Å²) in [7, 11) is -3.54. The first-order valence-electron chi connectivity index (χ1n) is 8.83. The molecule has 0 aromatic heterocycles. The van der Waals surface area contributed by atoms with E-state index in [1.54, 1.807) is 22.5 Å². The zero-order chi connectivity index (χ0) is 17.3. The molecule has 3 rings (SSSR count). The maximum atomic E-state index is 13.0. The van der Waals surface area contributed by atoms with Gasteiger partial charge in [-0.3, -0.25) is 4.79 Å². The van der Waals surface area contributed by atoms with Gasteiger partial charge in [0.05, 0.1) is 4.90 Å². The van der Waals surface area contributed by atoms with E-state index in [0.29, 0.717) is 12.1 Å². The van der Waals surface area contributed by atoms with Gasteiger partial charge in [0.25, 0.3) is 5.91 Å². The molecule has 0 spiro atoms. The molecule has 24 heavy (non-hydrogen) atoms. The molecule has 132 valence electrons. The minimum atomic E-state index is -3.54. The average molecular weight is 350 g/mol. The molecule has 2 saturated heterocycles. The van der Waals surface area contributed by atoms with E-state index in [0.717, 1.165) is 50.8 Å². The Morgan fingerprint density at radius 3 is 2.42 bits per heavy atom. The lowest BCUT2D eigenvalue weighted by atomic mass is 10.1. The van der Waals surface area contributed by atoms with Crippen molar-refractivity contribution in [1.82, 2.24) is 9.21 Å². The number of hydrogen-bond donors (Lipinski definition) is 0. The SMILES string of the molecule is Cc1ccc(S(=O)(=O)N2CCCCC2C)cc1C(=O)N1CCCC1. The fourth-order valence-corrected chi connectivity index (χ4v) is 5.37. The molecule has 2 fully saturated rings. The van der Waals surface area contributed by atoms with E-state index >= 15 is 0 Å². The standard InChI is InChI=1S/C18H26N2O3S/c1-14-8-9-16(13-17(14)18(21)19-10-5-6-11-19)24(22,23)20-12-4-3-7-15(20)2/h8-9,13,15H,3-7,10-12H2,1-2H3. The Morgan fingerprint density at radius 2 is 1.75 bits per heavy atom. The van der Waals surface area contributed by atoms with E-state index in [9.17, 15) is 13.2 Å². The van der Waals surface area contributed by atoms with Crippen LogP contribution in [-0.2, 0) is 10.0 Å². The largest absolute Gasteiger partial charge is 0.339 e. The molecule has 1 aromatic carbocycles. The third kappa shape index (κ3) is 3.22. The summed E-state index contributed by atoms with van der Waals surface area (Å²) in [4.78, 5) is 14.8. The first kappa shape index (κ1) is 17.4. The monoisotopic (exact) mass is 350 g/mol. The zero-order valence-corrected chi connectivity index (χ0v) is 15.3. The molecular weight excluding hydrogens is 324 g/mol. The quantitative estimate of drug-likeness (QED) is 0.842. The zero-order valence-electron chi connectivity index (χ0n) is 14.5.